The summed E-state index contributed by atoms with van der Waals surface area (Å²) in [5.74, 6) is 0.682. The molecule has 0 saturated carbocycles. The fourth-order valence-electron chi connectivity index (χ4n) is 3.00. The average Bonchev–Trinajstić information content (AvgIpc) is 2.75. The van der Waals surface area contributed by atoms with E-state index in [0.29, 0.717) is 22.2 Å². The van der Waals surface area contributed by atoms with Crippen LogP contribution in [0.5, 0.6) is 5.75 Å². The molecule has 0 bridgehead atoms. The van der Waals surface area contributed by atoms with Crippen LogP contribution in [0.4, 0.5) is 13.2 Å². The summed E-state index contributed by atoms with van der Waals surface area (Å²) in [6.07, 6.45) is -3.02. The van der Waals surface area contributed by atoms with Gasteiger partial charge < -0.3 is 4.74 Å². The van der Waals surface area contributed by atoms with Crippen LogP contribution in [0.2, 0.25) is 0 Å². The summed E-state index contributed by atoms with van der Waals surface area (Å²) < 4.78 is 70.8. The van der Waals surface area contributed by atoms with Crippen LogP contribution in [0, 0.1) is 0 Å². The Bertz CT molecular complexity index is 1180. The molecule has 1 aromatic heterocycles. The molecule has 2 aromatic carbocycles. The Morgan fingerprint density at radius 3 is 2.22 bits per heavy atom. The molecule has 0 aliphatic carbocycles. The van der Waals surface area contributed by atoms with Crippen molar-refractivity contribution in [2.45, 2.75) is 24.0 Å². The highest BCUT2D eigenvalue weighted by Crippen LogP contribution is 2.29. The maximum absolute atomic E-state index is 13.0. The molecule has 0 spiro atoms. The third-order valence-electron chi connectivity index (χ3n) is 4.81. The molecular weight excluding hydrogens is 509 g/mol. The summed E-state index contributed by atoms with van der Waals surface area (Å²) in [7, 11) is -0.700. The first-order valence-electron chi connectivity index (χ1n) is 9.40. The lowest BCUT2D eigenvalue weighted by Gasteiger charge is -2.18. The Labute approximate surface area is 193 Å². The van der Waals surface area contributed by atoms with Gasteiger partial charge in [-0.3, -0.25) is 4.98 Å². The predicted molar refractivity (Wildman–Crippen MR) is 118 cm³/mol. The molecule has 0 atom stereocenters. The number of nitrogens with zero attached hydrogens (tertiary/aromatic N) is 2. The number of benzene rings is 2. The normalized spacial score (nSPS) is 12.2. The van der Waals surface area contributed by atoms with Gasteiger partial charge in [0.2, 0.25) is 10.0 Å². The van der Waals surface area contributed by atoms with E-state index in [1.807, 2.05) is 0 Å². The first-order chi connectivity index (χ1) is 15.0. The molecule has 170 valence electrons. The zero-order chi connectivity index (χ0) is 23.5. The van der Waals surface area contributed by atoms with Crippen LogP contribution in [-0.2, 0) is 29.2 Å². The van der Waals surface area contributed by atoms with Gasteiger partial charge in [-0.15, -0.1) is 0 Å². The van der Waals surface area contributed by atoms with Gasteiger partial charge in [0, 0.05) is 30.7 Å². The van der Waals surface area contributed by atoms with Crippen LogP contribution in [0.15, 0.2) is 70.2 Å². The van der Waals surface area contributed by atoms with Crippen molar-refractivity contribution >= 4 is 26.0 Å². The molecule has 3 rings (SSSR count). The number of hydrogen-bond donors (Lipinski definition) is 0. The number of ether oxygens (including phenoxy) is 1. The molecule has 5 nitrogen and oxygen atoms in total. The van der Waals surface area contributed by atoms with Crippen LogP contribution in [0.1, 0.15) is 22.4 Å². The van der Waals surface area contributed by atoms with Gasteiger partial charge in [0.05, 0.1) is 12.0 Å². The minimum Gasteiger partial charge on any atom is -0.497 e. The van der Waals surface area contributed by atoms with E-state index in [-0.39, 0.29) is 11.4 Å². The lowest BCUT2D eigenvalue weighted by Crippen LogP contribution is -2.26. The number of alkyl halides is 3. The standard InChI is InChI=1S/C22H20BrF3N2O3S/c1-28(14-15-3-7-18(31-2)8-4-15)32(29,30)19-9-6-17(20(23)12-19)11-16-5-10-21(27-13-16)22(24,25)26/h3-10,12-13H,11,14H2,1-2H3. The third kappa shape index (κ3) is 5.67. The Balaban J connectivity index is 1.75. The molecule has 3 aromatic rings. The van der Waals surface area contributed by atoms with Gasteiger partial charge in [-0.1, -0.05) is 40.2 Å². The first-order valence-corrected chi connectivity index (χ1v) is 11.6. The summed E-state index contributed by atoms with van der Waals surface area (Å²) >= 11 is 3.38. The Morgan fingerprint density at radius 1 is 1.03 bits per heavy atom. The molecule has 0 aliphatic rings. The number of hydrogen-bond acceptors (Lipinski definition) is 4. The Hall–Kier alpha value is -2.43. The molecule has 1 heterocycles. The van der Waals surface area contributed by atoms with E-state index in [0.717, 1.165) is 17.2 Å². The van der Waals surface area contributed by atoms with Crippen molar-refractivity contribution in [1.82, 2.24) is 9.29 Å². The zero-order valence-electron chi connectivity index (χ0n) is 17.2. The third-order valence-corrected chi connectivity index (χ3v) is 7.34. The number of methoxy groups -OCH3 is 1. The topological polar surface area (TPSA) is 59.5 Å². The number of sulfonamides is 1. The smallest absolute Gasteiger partial charge is 0.433 e. The van der Waals surface area contributed by atoms with Crippen LogP contribution >= 0.6 is 15.9 Å². The molecule has 0 radical (unpaired) electrons. The summed E-state index contributed by atoms with van der Waals surface area (Å²) in [5.41, 5.74) is 1.15. The van der Waals surface area contributed by atoms with E-state index in [1.165, 1.54) is 35.7 Å². The van der Waals surface area contributed by atoms with Crippen LogP contribution < -0.4 is 4.74 Å². The highest BCUT2D eigenvalue weighted by molar-refractivity contribution is 9.10. The summed E-state index contributed by atoms with van der Waals surface area (Å²) in [6.45, 7) is 0.183. The van der Waals surface area contributed by atoms with Crippen LogP contribution in [-0.4, -0.2) is 31.9 Å². The molecule has 0 unspecified atom stereocenters. The number of aromatic nitrogens is 1. The molecule has 0 amide bonds. The minimum absolute atomic E-state index is 0.106. The van der Waals surface area contributed by atoms with Gasteiger partial charge in [0.25, 0.3) is 0 Å². The summed E-state index contributed by atoms with van der Waals surface area (Å²) in [6, 6.07) is 14.0. The average molecular weight is 529 g/mol. The fraction of sp³-hybridized carbons (Fsp3) is 0.227. The quantitative estimate of drug-likeness (QED) is 0.418. The van der Waals surface area contributed by atoms with E-state index in [4.69, 9.17) is 4.74 Å². The molecule has 0 N–H and O–H groups in total. The van der Waals surface area contributed by atoms with Gasteiger partial charge in [-0.2, -0.15) is 17.5 Å². The predicted octanol–water partition coefficient (Wildman–Crippen LogP) is 5.28. The lowest BCUT2D eigenvalue weighted by molar-refractivity contribution is -0.141. The maximum atomic E-state index is 13.0. The largest absolute Gasteiger partial charge is 0.497 e. The van der Waals surface area contributed by atoms with Gasteiger partial charge in [0.1, 0.15) is 11.4 Å². The van der Waals surface area contributed by atoms with Crippen molar-refractivity contribution in [2.75, 3.05) is 14.2 Å². The van der Waals surface area contributed by atoms with Crippen LogP contribution in [0.25, 0.3) is 0 Å². The molecule has 0 aliphatic heterocycles. The molecule has 0 saturated heterocycles. The Kier molecular flexibility index (Phi) is 7.26. The SMILES string of the molecule is COc1ccc(CN(C)S(=O)(=O)c2ccc(Cc3ccc(C(F)(F)F)nc3)c(Br)c2)cc1. The Morgan fingerprint density at radius 2 is 1.69 bits per heavy atom. The van der Waals surface area contributed by atoms with E-state index < -0.39 is 21.9 Å². The number of pyridine rings is 1. The maximum Gasteiger partial charge on any atom is 0.433 e. The van der Waals surface area contributed by atoms with Gasteiger partial charge in [-0.25, -0.2) is 8.42 Å². The number of rotatable bonds is 7. The van der Waals surface area contributed by atoms with E-state index in [9.17, 15) is 21.6 Å². The second kappa shape index (κ2) is 9.60. The van der Waals surface area contributed by atoms with Gasteiger partial charge in [-0.05, 0) is 47.0 Å². The van der Waals surface area contributed by atoms with Crippen molar-refractivity contribution < 1.29 is 26.3 Å². The second-order valence-corrected chi connectivity index (χ2v) is 9.99. The molecular formula is C22H20BrF3N2O3S. The summed E-state index contributed by atoms with van der Waals surface area (Å²) in [5, 5.41) is 0. The van der Waals surface area contributed by atoms with E-state index in [2.05, 4.69) is 20.9 Å². The van der Waals surface area contributed by atoms with Crippen molar-refractivity contribution in [3.63, 3.8) is 0 Å². The van der Waals surface area contributed by atoms with E-state index in [1.54, 1.807) is 37.4 Å². The van der Waals surface area contributed by atoms with Crippen molar-refractivity contribution in [3.8, 4) is 5.75 Å². The summed E-state index contributed by atoms with van der Waals surface area (Å²) in [4.78, 5) is 3.56. The van der Waals surface area contributed by atoms with Crippen LogP contribution in [0.3, 0.4) is 0 Å². The highest BCUT2D eigenvalue weighted by atomic mass is 79.9. The lowest BCUT2D eigenvalue weighted by atomic mass is 10.1. The minimum atomic E-state index is -4.49. The van der Waals surface area contributed by atoms with Gasteiger partial charge >= 0.3 is 6.18 Å². The number of halogens is 4. The molecule has 0 fully saturated rings. The second-order valence-electron chi connectivity index (χ2n) is 7.09. The molecule has 32 heavy (non-hydrogen) atoms. The van der Waals surface area contributed by atoms with Crippen molar-refractivity contribution in [1.29, 1.82) is 0 Å². The monoisotopic (exact) mass is 528 g/mol. The fourth-order valence-corrected chi connectivity index (χ4v) is 4.86. The van der Waals surface area contributed by atoms with Crippen molar-refractivity contribution in [2.24, 2.45) is 0 Å². The highest BCUT2D eigenvalue weighted by Gasteiger charge is 2.32. The van der Waals surface area contributed by atoms with Gasteiger partial charge in [0.15, 0.2) is 0 Å². The van der Waals surface area contributed by atoms with Crippen molar-refractivity contribution in [3.05, 3.63) is 87.7 Å². The van der Waals surface area contributed by atoms with E-state index >= 15 is 0 Å². The first kappa shape index (κ1) is 24.2. The zero-order valence-corrected chi connectivity index (χ0v) is 19.6. The molecule has 10 heteroatoms.